The third kappa shape index (κ3) is 2.67. The minimum atomic E-state index is 0.834. The van der Waals surface area contributed by atoms with Crippen LogP contribution in [0, 0.1) is 20.8 Å². The SMILES string of the molecule is Cc1cc(C)cc(CNc2ccc3nc(C)[nH]c3c2)c1. The lowest BCUT2D eigenvalue weighted by Gasteiger charge is -2.08. The Kier molecular flexibility index (Phi) is 3.18. The quantitative estimate of drug-likeness (QED) is 0.748. The molecular weight excluding hydrogens is 246 g/mol. The highest BCUT2D eigenvalue weighted by atomic mass is 14.9. The Bertz CT molecular complexity index is 736. The van der Waals surface area contributed by atoms with Crippen LogP contribution >= 0.6 is 0 Å². The maximum atomic E-state index is 4.41. The summed E-state index contributed by atoms with van der Waals surface area (Å²) in [5, 5.41) is 3.47. The zero-order valence-corrected chi connectivity index (χ0v) is 12.1. The Morgan fingerprint density at radius 1 is 1.00 bits per heavy atom. The average Bonchev–Trinajstić information content (AvgIpc) is 2.74. The van der Waals surface area contributed by atoms with Crippen molar-refractivity contribution in [2.45, 2.75) is 27.3 Å². The lowest BCUT2D eigenvalue weighted by Crippen LogP contribution is -2.00. The van der Waals surface area contributed by atoms with Gasteiger partial charge in [0.2, 0.25) is 0 Å². The molecule has 0 atom stereocenters. The zero-order valence-electron chi connectivity index (χ0n) is 12.1. The molecule has 0 aliphatic carbocycles. The van der Waals surface area contributed by atoms with Gasteiger partial charge < -0.3 is 10.3 Å². The summed E-state index contributed by atoms with van der Waals surface area (Å²) in [5.41, 5.74) is 7.12. The molecule has 2 aromatic carbocycles. The van der Waals surface area contributed by atoms with Crippen LogP contribution in [0.1, 0.15) is 22.5 Å². The Morgan fingerprint density at radius 2 is 1.75 bits per heavy atom. The van der Waals surface area contributed by atoms with Gasteiger partial charge in [-0.3, -0.25) is 0 Å². The minimum absolute atomic E-state index is 0.834. The fourth-order valence-electron chi connectivity index (χ4n) is 2.62. The number of aromatic nitrogens is 2. The van der Waals surface area contributed by atoms with Crippen molar-refractivity contribution in [1.82, 2.24) is 9.97 Å². The van der Waals surface area contributed by atoms with Crippen LogP contribution in [0.15, 0.2) is 36.4 Å². The van der Waals surface area contributed by atoms with Gasteiger partial charge in [0.25, 0.3) is 0 Å². The van der Waals surface area contributed by atoms with Crippen molar-refractivity contribution < 1.29 is 0 Å². The predicted octanol–water partition coefficient (Wildman–Crippen LogP) is 4.10. The van der Waals surface area contributed by atoms with Crippen molar-refractivity contribution in [1.29, 1.82) is 0 Å². The van der Waals surface area contributed by atoms with Crippen molar-refractivity contribution in [3.63, 3.8) is 0 Å². The van der Waals surface area contributed by atoms with Crippen LogP contribution in [0.2, 0.25) is 0 Å². The molecule has 3 aromatic rings. The second kappa shape index (κ2) is 5.00. The average molecular weight is 265 g/mol. The van der Waals surface area contributed by atoms with Gasteiger partial charge >= 0.3 is 0 Å². The number of anilines is 1. The number of H-pyrrole nitrogens is 1. The molecule has 0 saturated carbocycles. The van der Waals surface area contributed by atoms with E-state index in [1.54, 1.807) is 0 Å². The molecular formula is C17H19N3. The van der Waals surface area contributed by atoms with E-state index in [2.05, 4.69) is 59.5 Å². The van der Waals surface area contributed by atoms with Gasteiger partial charge in [0, 0.05) is 12.2 Å². The van der Waals surface area contributed by atoms with E-state index in [-0.39, 0.29) is 0 Å². The van der Waals surface area contributed by atoms with Gasteiger partial charge in [-0.2, -0.15) is 0 Å². The van der Waals surface area contributed by atoms with Crippen LogP contribution in [0.3, 0.4) is 0 Å². The number of nitrogens with one attached hydrogen (secondary N) is 2. The molecule has 1 heterocycles. The second-order valence-electron chi connectivity index (χ2n) is 5.40. The summed E-state index contributed by atoms with van der Waals surface area (Å²) in [6.07, 6.45) is 0. The van der Waals surface area contributed by atoms with Crippen LogP contribution < -0.4 is 5.32 Å². The summed E-state index contributed by atoms with van der Waals surface area (Å²) < 4.78 is 0. The van der Waals surface area contributed by atoms with Crippen molar-refractivity contribution in [3.8, 4) is 0 Å². The van der Waals surface area contributed by atoms with Gasteiger partial charge in [0.1, 0.15) is 5.82 Å². The molecule has 0 aliphatic heterocycles. The van der Waals surface area contributed by atoms with Gasteiger partial charge in [-0.1, -0.05) is 29.3 Å². The van der Waals surface area contributed by atoms with Crippen molar-refractivity contribution >= 4 is 16.7 Å². The normalized spacial score (nSPS) is 10.9. The number of rotatable bonds is 3. The number of fused-ring (bicyclic) bond motifs is 1. The largest absolute Gasteiger partial charge is 0.381 e. The first-order valence-electron chi connectivity index (χ1n) is 6.87. The minimum Gasteiger partial charge on any atom is -0.381 e. The Hall–Kier alpha value is -2.29. The fourth-order valence-corrected chi connectivity index (χ4v) is 2.62. The summed E-state index contributed by atoms with van der Waals surface area (Å²) in [4.78, 5) is 7.68. The lowest BCUT2D eigenvalue weighted by molar-refractivity contribution is 1.13. The number of aromatic amines is 1. The van der Waals surface area contributed by atoms with E-state index in [1.165, 1.54) is 16.7 Å². The molecule has 0 amide bonds. The molecule has 0 fully saturated rings. The number of hydrogen-bond acceptors (Lipinski definition) is 2. The number of benzene rings is 2. The number of hydrogen-bond donors (Lipinski definition) is 2. The third-order valence-corrected chi connectivity index (χ3v) is 3.38. The number of nitrogens with zero attached hydrogens (tertiary/aromatic N) is 1. The van der Waals surface area contributed by atoms with Gasteiger partial charge in [-0.25, -0.2) is 4.98 Å². The molecule has 0 aliphatic rings. The first kappa shape index (κ1) is 12.7. The van der Waals surface area contributed by atoms with Crippen molar-refractivity contribution in [3.05, 3.63) is 58.9 Å². The van der Waals surface area contributed by atoms with Crippen LogP contribution in [-0.2, 0) is 6.54 Å². The van der Waals surface area contributed by atoms with E-state index < -0.39 is 0 Å². The summed E-state index contributed by atoms with van der Waals surface area (Å²) in [7, 11) is 0. The zero-order chi connectivity index (χ0) is 14.1. The Balaban J connectivity index is 1.79. The summed E-state index contributed by atoms with van der Waals surface area (Å²) >= 11 is 0. The van der Waals surface area contributed by atoms with Gasteiger partial charge in [-0.15, -0.1) is 0 Å². The summed E-state index contributed by atoms with van der Waals surface area (Å²) in [5.74, 6) is 0.950. The van der Waals surface area contributed by atoms with Crippen LogP contribution in [-0.4, -0.2) is 9.97 Å². The molecule has 102 valence electrons. The molecule has 3 nitrogen and oxygen atoms in total. The maximum Gasteiger partial charge on any atom is 0.104 e. The molecule has 3 rings (SSSR count). The number of aryl methyl sites for hydroxylation is 3. The van der Waals surface area contributed by atoms with E-state index in [0.29, 0.717) is 0 Å². The van der Waals surface area contributed by atoms with Crippen molar-refractivity contribution in [2.24, 2.45) is 0 Å². The predicted molar refractivity (Wildman–Crippen MR) is 84.1 cm³/mol. The molecule has 0 bridgehead atoms. The first-order valence-corrected chi connectivity index (χ1v) is 6.87. The molecule has 2 N–H and O–H groups in total. The standard InChI is InChI=1S/C17H19N3/c1-11-6-12(2)8-14(7-11)10-18-15-4-5-16-17(9-15)20-13(3)19-16/h4-9,18H,10H2,1-3H3,(H,19,20). The van der Waals surface area contributed by atoms with E-state index in [9.17, 15) is 0 Å². The fraction of sp³-hybridized carbons (Fsp3) is 0.235. The second-order valence-corrected chi connectivity index (χ2v) is 5.40. The Morgan fingerprint density at radius 3 is 2.50 bits per heavy atom. The third-order valence-electron chi connectivity index (χ3n) is 3.38. The van der Waals surface area contributed by atoms with Crippen LogP contribution in [0.5, 0.6) is 0 Å². The van der Waals surface area contributed by atoms with Crippen LogP contribution in [0.4, 0.5) is 5.69 Å². The molecule has 3 heteroatoms. The highest BCUT2D eigenvalue weighted by molar-refractivity contribution is 5.79. The molecule has 0 saturated heterocycles. The Labute approximate surface area is 119 Å². The molecule has 20 heavy (non-hydrogen) atoms. The van der Waals surface area contributed by atoms with Crippen molar-refractivity contribution in [2.75, 3.05) is 5.32 Å². The van der Waals surface area contributed by atoms with E-state index in [4.69, 9.17) is 0 Å². The van der Waals surface area contributed by atoms with E-state index in [1.807, 2.05) is 13.0 Å². The topological polar surface area (TPSA) is 40.7 Å². The summed E-state index contributed by atoms with van der Waals surface area (Å²) in [6, 6.07) is 12.9. The first-order chi connectivity index (χ1) is 9.60. The molecule has 0 unspecified atom stereocenters. The lowest BCUT2D eigenvalue weighted by atomic mass is 10.1. The van der Waals surface area contributed by atoms with Crippen LogP contribution in [0.25, 0.3) is 11.0 Å². The maximum absolute atomic E-state index is 4.41. The highest BCUT2D eigenvalue weighted by Gasteiger charge is 2.01. The van der Waals surface area contributed by atoms with Gasteiger partial charge in [-0.05, 0) is 44.5 Å². The monoisotopic (exact) mass is 265 g/mol. The molecule has 0 spiro atoms. The number of imidazole rings is 1. The van der Waals surface area contributed by atoms with E-state index >= 15 is 0 Å². The smallest absolute Gasteiger partial charge is 0.104 e. The van der Waals surface area contributed by atoms with E-state index in [0.717, 1.165) is 29.1 Å². The highest BCUT2D eigenvalue weighted by Crippen LogP contribution is 2.18. The van der Waals surface area contributed by atoms with Gasteiger partial charge in [0.15, 0.2) is 0 Å². The molecule has 1 aromatic heterocycles. The summed E-state index contributed by atoms with van der Waals surface area (Å²) in [6.45, 7) is 7.08. The van der Waals surface area contributed by atoms with Gasteiger partial charge in [0.05, 0.1) is 11.0 Å². The molecule has 0 radical (unpaired) electrons.